The first-order chi connectivity index (χ1) is 6.85. The molecule has 0 saturated heterocycles. The summed E-state index contributed by atoms with van der Waals surface area (Å²) in [5.74, 6) is 0.594. The summed E-state index contributed by atoms with van der Waals surface area (Å²) in [6.07, 6.45) is 3.52. The van der Waals surface area contributed by atoms with Gasteiger partial charge in [0.25, 0.3) is 0 Å². The molecule has 1 fully saturated rings. The second kappa shape index (κ2) is 4.52. The SMILES string of the molecule is CC1CC(C)CC(CC(=O)O)(N(C)C)C1. The summed E-state index contributed by atoms with van der Waals surface area (Å²) in [4.78, 5) is 13.1. The molecule has 88 valence electrons. The van der Waals surface area contributed by atoms with Crippen LogP contribution in [0.1, 0.15) is 39.5 Å². The summed E-state index contributed by atoms with van der Waals surface area (Å²) >= 11 is 0. The third kappa shape index (κ3) is 2.94. The molecule has 0 aliphatic heterocycles. The van der Waals surface area contributed by atoms with E-state index in [1.807, 2.05) is 14.1 Å². The minimum atomic E-state index is -0.676. The molecule has 1 aliphatic carbocycles. The minimum absolute atomic E-state index is 0.122. The molecule has 2 atom stereocenters. The average Bonchev–Trinajstić information content (AvgIpc) is 1.99. The van der Waals surface area contributed by atoms with Gasteiger partial charge in [-0.2, -0.15) is 0 Å². The van der Waals surface area contributed by atoms with E-state index < -0.39 is 5.97 Å². The van der Waals surface area contributed by atoms with Crippen LogP contribution in [-0.2, 0) is 4.79 Å². The van der Waals surface area contributed by atoms with E-state index in [0.717, 1.165) is 12.8 Å². The highest BCUT2D eigenvalue weighted by atomic mass is 16.4. The maximum atomic E-state index is 11.0. The molecule has 0 aromatic heterocycles. The molecule has 1 N–H and O–H groups in total. The zero-order valence-corrected chi connectivity index (χ0v) is 10.3. The van der Waals surface area contributed by atoms with Gasteiger partial charge in [-0.1, -0.05) is 13.8 Å². The van der Waals surface area contributed by atoms with Crippen molar-refractivity contribution in [2.45, 2.75) is 45.1 Å². The number of hydrogen-bond acceptors (Lipinski definition) is 2. The Morgan fingerprint density at radius 1 is 1.33 bits per heavy atom. The first-order valence-electron chi connectivity index (χ1n) is 5.75. The molecule has 0 aromatic carbocycles. The number of hydrogen-bond donors (Lipinski definition) is 1. The van der Waals surface area contributed by atoms with E-state index in [1.165, 1.54) is 6.42 Å². The lowest BCUT2D eigenvalue weighted by molar-refractivity contribution is -0.141. The van der Waals surface area contributed by atoms with Crippen LogP contribution >= 0.6 is 0 Å². The first kappa shape index (κ1) is 12.5. The highest BCUT2D eigenvalue weighted by Gasteiger charge is 2.41. The van der Waals surface area contributed by atoms with Gasteiger partial charge < -0.3 is 10.0 Å². The number of carbonyl (C=O) groups is 1. The summed E-state index contributed by atoms with van der Waals surface area (Å²) in [6, 6.07) is 0. The third-order valence-electron chi connectivity index (χ3n) is 3.69. The summed E-state index contributed by atoms with van der Waals surface area (Å²) in [5, 5.41) is 9.03. The van der Waals surface area contributed by atoms with Crippen LogP contribution in [0.4, 0.5) is 0 Å². The van der Waals surface area contributed by atoms with E-state index in [0.29, 0.717) is 11.8 Å². The lowest BCUT2D eigenvalue weighted by Gasteiger charge is -2.46. The number of nitrogens with zero attached hydrogens (tertiary/aromatic N) is 1. The van der Waals surface area contributed by atoms with Gasteiger partial charge in [0.2, 0.25) is 0 Å². The van der Waals surface area contributed by atoms with Crippen molar-refractivity contribution in [3.8, 4) is 0 Å². The predicted molar refractivity (Wildman–Crippen MR) is 60.8 cm³/mol. The van der Waals surface area contributed by atoms with E-state index >= 15 is 0 Å². The summed E-state index contributed by atoms with van der Waals surface area (Å²) in [6.45, 7) is 4.46. The summed E-state index contributed by atoms with van der Waals surface area (Å²) < 4.78 is 0. The van der Waals surface area contributed by atoms with Gasteiger partial charge in [-0.25, -0.2) is 0 Å². The topological polar surface area (TPSA) is 40.5 Å². The molecule has 1 saturated carbocycles. The molecule has 0 bridgehead atoms. The van der Waals surface area contributed by atoms with Gasteiger partial charge in [-0.05, 0) is 45.2 Å². The first-order valence-corrected chi connectivity index (χ1v) is 5.75. The Morgan fingerprint density at radius 3 is 2.13 bits per heavy atom. The molecule has 3 nitrogen and oxygen atoms in total. The molecule has 0 aromatic rings. The quantitative estimate of drug-likeness (QED) is 0.781. The Morgan fingerprint density at radius 2 is 1.80 bits per heavy atom. The highest BCUT2D eigenvalue weighted by molar-refractivity contribution is 5.68. The van der Waals surface area contributed by atoms with Crippen molar-refractivity contribution in [3.05, 3.63) is 0 Å². The third-order valence-corrected chi connectivity index (χ3v) is 3.69. The van der Waals surface area contributed by atoms with Gasteiger partial charge in [0.15, 0.2) is 0 Å². The monoisotopic (exact) mass is 213 g/mol. The van der Waals surface area contributed by atoms with E-state index in [4.69, 9.17) is 5.11 Å². The van der Waals surface area contributed by atoms with Gasteiger partial charge in [-0.15, -0.1) is 0 Å². The normalized spacial score (nSPS) is 36.9. The van der Waals surface area contributed by atoms with Gasteiger partial charge in [0.1, 0.15) is 0 Å². The van der Waals surface area contributed by atoms with Crippen LogP contribution in [0, 0.1) is 11.8 Å². The Balaban J connectivity index is 2.84. The zero-order valence-electron chi connectivity index (χ0n) is 10.3. The second-order valence-corrected chi connectivity index (χ2v) is 5.54. The Kier molecular flexibility index (Phi) is 3.77. The van der Waals surface area contributed by atoms with Gasteiger partial charge in [-0.3, -0.25) is 4.79 Å². The van der Waals surface area contributed by atoms with Crippen molar-refractivity contribution in [1.29, 1.82) is 0 Å². The summed E-state index contributed by atoms with van der Waals surface area (Å²) in [7, 11) is 4.02. The van der Waals surface area contributed by atoms with Crippen molar-refractivity contribution in [2.24, 2.45) is 11.8 Å². The molecule has 0 amide bonds. The molecule has 1 aliphatic rings. The Bertz CT molecular complexity index is 228. The van der Waals surface area contributed by atoms with Gasteiger partial charge >= 0.3 is 5.97 Å². The average molecular weight is 213 g/mol. The minimum Gasteiger partial charge on any atom is -0.481 e. The maximum Gasteiger partial charge on any atom is 0.305 e. The molecular weight excluding hydrogens is 190 g/mol. The fourth-order valence-corrected chi connectivity index (χ4v) is 3.18. The van der Waals surface area contributed by atoms with E-state index in [9.17, 15) is 4.79 Å². The van der Waals surface area contributed by atoms with E-state index in [1.54, 1.807) is 0 Å². The lowest BCUT2D eigenvalue weighted by Crippen LogP contribution is -2.50. The van der Waals surface area contributed by atoms with Crippen LogP contribution in [0.3, 0.4) is 0 Å². The molecular formula is C12H23NO2. The molecule has 1 rings (SSSR count). The fraction of sp³-hybridized carbons (Fsp3) is 0.917. The number of carboxylic acids is 1. The lowest BCUT2D eigenvalue weighted by atomic mass is 9.69. The Labute approximate surface area is 92.5 Å². The van der Waals surface area contributed by atoms with Gasteiger partial charge in [0, 0.05) is 5.54 Å². The van der Waals surface area contributed by atoms with Crippen LogP contribution < -0.4 is 0 Å². The van der Waals surface area contributed by atoms with Gasteiger partial charge in [0.05, 0.1) is 6.42 Å². The smallest absolute Gasteiger partial charge is 0.305 e. The largest absolute Gasteiger partial charge is 0.481 e. The van der Waals surface area contributed by atoms with Crippen molar-refractivity contribution in [3.63, 3.8) is 0 Å². The molecule has 0 radical (unpaired) electrons. The predicted octanol–water partition coefficient (Wildman–Crippen LogP) is 2.22. The van der Waals surface area contributed by atoms with Crippen LogP contribution in [0.25, 0.3) is 0 Å². The number of carboxylic acid groups (broad SMARTS) is 1. The molecule has 0 heterocycles. The molecule has 15 heavy (non-hydrogen) atoms. The highest BCUT2D eigenvalue weighted by Crippen LogP contribution is 2.40. The van der Waals surface area contributed by atoms with Crippen LogP contribution in [0.2, 0.25) is 0 Å². The molecule has 2 unspecified atom stereocenters. The second-order valence-electron chi connectivity index (χ2n) is 5.54. The number of aliphatic carboxylic acids is 1. The van der Waals surface area contributed by atoms with E-state index in [-0.39, 0.29) is 12.0 Å². The summed E-state index contributed by atoms with van der Waals surface area (Å²) in [5.41, 5.74) is -0.122. The van der Waals surface area contributed by atoms with Crippen LogP contribution in [0.5, 0.6) is 0 Å². The van der Waals surface area contributed by atoms with Crippen molar-refractivity contribution >= 4 is 5.97 Å². The number of rotatable bonds is 3. The van der Waals surface area contributed by atoms with Crippen LogP contribution in [0.15, 0.2) is 0 Å². The van der Waals surface area contributed by atoms with Crippen molar-refractivity contribution in [1.82, 2.24) is 4.90 Å². The van der Waals surface area contributed by atoms with Crippen molar-refractivity contribution in [2.75, 3.05) is 14.1 Å². The molecule has 3 heteroatoms. The maximum absolute atomic E-state index is 11.0. The van der Waals surface area contributed by atoms with Crippen LogP contribution in [-0.4, -0.2) is 35.6 Å². The Hall–Kier alpha value is -0.570. The molecule has 0 spiro atoms. The standard InChI is InChI=1S/C12H23NO2/c1-9-5-10(2)7-12(6-9,13(3)4)8-11(14)15/h9-10H,5-8H2,1-4H3,(H,14,15). The van der Waals surface area contributed by atoms with E-state index in [2.05, 4.69) is 18.7 Å². The zero-order chi connectivity index (χ0) is 11.6. The fourth-order valence-electron chi connectivity index (χ4n) is 3.18. The van der Waals surface area contributed by atoms with Crippen molar-refractivity contribution < 1.29 is 9.90 Å².